The Kier molecular flexibility index (Phi) is 5.36. The summed E-state index contributed by atoms with van der Waals surface area (Å²) in [6, 6.07) is 12.8. The van der Waals surface area contributed by atoms with Gasteiger partial charge in [-0.05, 0) is 42.0 Å². The predicted molar refractivity (Wildman–Crippen MR) is 114 cm³/mol. The zero-order chi connectivity index (χ0) is 20.5. The molecule has 0 bridgehead atoms. The number of nitrogens with one attached hydrogen (secondary N) is 1. The summed E-state index contributed by atoms with van der Waals surface area (Å²) in [5.41, 5.74) is 1.43. The van der Waals surface area contributed by atoms with Gasteiger partial charge in [0.15, 0.2) is 0 Å². The summed E-state index contributed by atoms with van der Waals surface area (Å²) in [7, 11) is 0. The molecule has 0 atom stereocenters. The Morgan fingerprint density at radius 1 is 1.14 bits per heavy atom. The van der Waals surface area contributed by atoms with Crippen LogP contribution in [0.2, 0.25) is 10.0 Å². The van der Waals surface area contributed by atoms with Crippen LogP contribution in [0.3, 0.4) is 0 Å². The van der Waals surface area contributed by atoms with Gasteiger partial charge in [-0.15, -0.1) is 11.3 Å². The lowest BCUT2D eigenvalue weighted by atomic mass is 10.2. The van der Waals surface area contributed by atoms with E-state index >= 15 is 0 Å². The molecule has 0 aliphatic heterocycles. The highest BCUT2D eigenvalue weighted by atomic mass is 35.5. The largest absolute Gasteiger partial charge is 0.323 e. The highest BCUT2D eigenvalue weighted by molar-refractivity contribution is 7.22. The van der Waals surface area contributed by atoms with Crippen LogP contribution < -0.4 is 10.9 Å². The zero-order valence-corrected chi connectivity index (χ0v) is 17.0. The maximum Gasteiger partial charge on any atom is 0.271 e. The van der Waals surface area contributed by atoms with Gasteiger partial charge in [0.05, 0.1) is 22.6 Å². The first kappa shape index (κ1) is 19.6. The molecule has 4 rings (SSSR count). The number of amides is 1. The van der Waals surface area contributed by atoms with Gasteiger partial charge in [-0.25, -0.2) is 9.37 Å². The van der Waals surface area contributed by atoms with Crippen LogP contribution in [0.15, 0.2) is 59.7 Å². The van der Waals surface area contributed by atoms with Crippen molar-refractivity contribution in [2.45, 2.75) is 6.54 Å². The molecule has 2 aromatic heterocycles. The van der Waals surface area contributed by atoms with Gasteiger partial charge in [0.1, 0.15) is 17.1 Å². The van der Waals surface area contributed by atoms with Crippen molar-refractivity contribution >= 4 is 56.3 Å². The molecule has 0 fully saturated rings. The molecule has 29 heavy (non-hydrogen) atoms. The van der Waals surface area contributed by atoms with E-state index in [2.05, 4.69) is 10.3 Å². The number of benzene rings is 2. The van der Waals surface area contributed by atoms with E-state index in [1.54, 1.807) is 12.1 Å². The van der Waals surface area contributed by atoms with E-state index in [1.165, 1.54) is 34.4 Å². The lowest BCUT2D eigenvalue weighted by Gasteiger charge is -2.08. The molecule has 5 nitrogen and oxygen atoms in total. The SMILES string of the molecule is O=C(Cn1cnc2cc(-c3ccc(Cl)cc3)sc2c1=O)Nc1ccc(F)cc1Cl. The molecule has 0 saturated heterocycles. The van der Waals surface area contributed by atoms with Gasteiger partial charge in [0, 0.05) is 9.90 Å². The van der Waals surface area contributed by atoms with Gasteiger partial charge in [-0.1, -0.05) is 35.3 Å². The minimum atomic E-state index is -0.506. The second-order valence-electron chi connectivity index (χ2n) is 6.18. The van der Waals surface area contributed by atoms with Gasteiger partial charge >= 0.3 is 0 Å². The molecular formula is C20H12Cl2FN3O2S. The fourth-order valence-corrected chi connectivity index (χ4v) is 4.16. The lowest BCUT2D eigenvalue weighted by molar-refractivity contribution is -0.116. The van der Waals surface area contributed by atoms with Gasteiger partial charge in [0.2, 0.25) is 5.91 Å². The molecule has 0 aliphatic rings. The van der Waals surface area contributed by atoms with Crippen LogP contribution in [-0.2, 0) is 11.3 Å². The third-order valence-electron chi connectivity index (χ3n) is 4.15. The van der Waals surface area contributed by atoms with Gasteiger partial charge in [-0.3, -0.25) is 14.2 Å². The van der Waals surface area contributed by atoms with Crippen molar-refractivity contribution in [3.8, 4) is 10.4 Å². The number of nitrogens with zero attached hydrogens (tertiary/aromatic N) is 2. The molecule has 2 heterocycles. The fraction of sp³-hybridized carbons (Fsp3) is 0.0500. The standard InChI is InChI=1S/C20H12Cl2FN3O2S/c21-12-3-1-11(2-4-12)17-8-16-19(29-17)20(28)26(10-24-16)9-18(27)25-15-6-5-13(23)7-14(15)22/h1-8,10H,9H2,(H,25,27). The predicted octanol–water partition coefficient (Wildman–Crippen LogP) is 5.21. The van der Waals surface area contributed by atoms with E-state index in [0.29, 0.717) is 15.2 Å². The van der Waals surface area contributed by atoms with E-state index in [0.717, 1.165) is 16.5 Å². The number of aromatic nitrogens is 2. The van der Waals surface area contributed by atoms with Crippen LogP contribution in [0.1, 0.15) is 0 Å². The Hall–Kier alpha value is -2.74. The van der Waals surface area contributed by atoms with Gasteiger partial charge in [-0.2, -0.15) is 0 Å². The molecule has 0 spiro atoms. The molecule has 1 amide bonds. The fourth-order valence-electron chi connectivity index (χ4n) is 2.75. The number of carbonyl (C=O) groups is 1. The molecule has 9 heteroatoms. The van der Waals surface area contributed by atoms with Crippen molar-refractivity contribution in [1.29, 1.82) is 0 Å². The molecule has 0 unspecified atom stereocenters. The van der Waals surface area contributed by atoms with E-state index in [1.807, 2.05) is 18.2 Å². The van der Waals surface area contributed by atoms with Crippen LogP contribution in [0, 0.1) is 5.82 Å². The Morgan fingerprint density at radius 2 is 1.90 bits per heavy atom. The minimum absolute atomic E-state index is 0.0742. The quantitative estimate of drug-likeness (QED) is 0.466. The first-order valence-electron chi connectivity index (χ1n) is 8.40. The highest BCUT2D eigenvalue weighted by Crippen LogP contribution is 2.31. The zero-order valence-electron chi connectivity index (χ0n) is 14.7. The number of fused-ring (bicyclic) bond motifs is 1. The maximum atomic E-state index is 13.1. The molecule has 2 aromatic carbocycles. The Bertz CT molecular complexity index is 1290. The smallest absolute Gasteiger partial charge is 0.271 e. The third kappa shape index (κ3) is 4.17. The van der Waals surface area contributed by atoms with Crippen LogP contribution in [0.25, 0.3) is 20.7 Å². The number of thiophene rings is 1. The monoisotopic (exact) mass is 447 g/mol. The second kappa shape index (κ2) is 7.94. The molecule has 0 saturated carbocycles. The van der Waals surface area contributed by atoms with E-state index in [-0.39, 0.29) is 22.8 Å². The summed E-state index contributed by atoms with van der Waals surface area (Å²) in [4.78, 5) is 30.3. The molecular weight excluding hydrogens is 436 g/mol. The van der Waals surface area contributed by atoms with Crippen molar-refractivity contribution in [2.75, 3.05) is 5.32 Å². The topological polar surface area (TPSA) is 64.0 Å². The van der Waals surface area contributed by atoms with Crippen molar-refractivity contribution < 1.29 is 9.18 Å². The first-order valence-corrected chi connectivity index (χ1v) is 9.98. The molecule has 0 radical (unpaired) electrons. The Labute approximate surface area is 178 Å². The number of hydrogen-bond acceptors (Lipinski definition) is 4. The molecule has 1 N–H and O–H groups in total. The van der Waals surface area contributed by atoms with Crippen LogP contribution >= 0.6 is 34.5 Å². The lowest BCUT2D eigenvalue weighted by Crippen LogP contribution is -2.27. The van der Waals surface area contributed by atoms with E-state index in [4.69, 9.17) is 23.2 Å². The third-order valence-corrected chi connectivity index (χ3v) is 5.88. The van der Waals surface area contributed by atoms with Crippen molar-refractivity contribution in [2.24, 2.45) is 0 Å². The minimum Gasteiger partial charge on any atom is -0.323 e. The molecule has 146 valence electrons. The van der Waals surface area contributed by atoms with Crippen LogP contribution in [0.5, 0.6) is 0 Å². The number of rotatable bonds is 4. The normalized spacial score (nSPS) is 11.0. The van der Waals surface area contributed by atoms with Crippen LogP contribution in [0.4, 0.5) is 10.1 Å². The number of halogens is 3. The number of carbonyl (C=O) groups excluding carboxylic acids is 1. The summed E-state index contributed by atoms with van der Waals surface area (Å²) in [5.74, 6) is -0.982. The number of hydrogen-bond donors (Lipinski definition) is 1. The van der Waals surface area contributed by atoms with Crippen molar-refractivity contribution in [3.05, 3.63) is 81.1 Å². The summed E-state index contributed by atoms with van der Waals surface area (Å²) in [6.07, 6.45) is 1.33. The molecule has 4 aromatic rings. The van der Waals surface area contributed by atoms with Crippen molar-refractivity contribution in [1.82, 2.24) is 9.55 Å². The molecule has 0 aliphatic carbocycles. The highest BCUT2D eigenvalue weighted by Gasteiger charge is 2.13. The summed E-state index contributed by atoms with van der Waals surface area (Å²) >= 11 is 13.1. The average Bonchev–Trinajstić information content (AvgIpc) is 3.12. The summed E-state index contributed by atoms with van der Waals surface area (Å²) < 4.78 is 14.8. The second-order valence-corrected chi connectivity index (χ2v) is 8.08. The summed E-state index contributed by atoms with van der Waals surface area (Å²) in [6.45, 7) is -0.246. The maximum absolute atomic E-state index is 13.1. The average molecular weight is 448 g/mol. The Morgan fingerprint density at radius 3 is 2.62 bits per heavy atom. The van der Waals surface area contributed by atoms with E-state index in [9.17, 15) is 14.0 Å². The first-order chi connectivity index (χ1) is 13.9. The Balaban J connectivity index is 1.59. The van der Waals surface area contributed by atoms with Gasteiger partial charge in [0.25, 0.3) is 5.56 Å². The van der Waals surface area contributed by atoms with E-state index < -0.39 is 11.7 Å². The summed E-state index contributed by atoms with van der Waals surface area (Å²) in [5, 5.41) is 3.27. The van der Waals surface area contributed by atoms with Crippen LogP contribution in [-0.4, -0.2) is 15.5 Å². The van der Waals surface area contributed by atoms with Gasteiger partial charge < -0.3 is 5.32 Å². The van der Waals surface area contributed by atoms with Crippen molar-refractivity contribution in [3.63, 3.8) is 0 Å². The number of anilines is 1.